The van der Waals surface area contributed by atoms with Crippen molar-refractivity contribution in [1.82, 2.24) is 0 Å². The first kappa shape index (κ1) is 25.3. The Morgan fingerprint density at radius 1 is 0.895 bits per heavy atom. The van der Waals surface area contributed by atoms with Gasteiger partial charge in [0.1, 0.15) is 5.75 Å². The fourth-order valence-corrected chi connectivity index (χ4v) is 6.73. The molecule has 196 valence electrons. The minimum atomic E-state index is -4.87. The molecule has 3 aromatic carbocycles. The number of hydrogen-bond acceptors (Lipinski definition) is 6. The van der Waals surface area contributed by atoms with E-state index >= 15 is 0 Å². The first-order valence-electron chi connectivity index (χ1n) is 10.5. The van der Waals surface area contributed by atoms with Gasteiger partial charge in [-0.3, -0.25) is 24.6 Å². The summed E-state index contributed by atoms with van der Waals surface area (Å²) in [5, 5.41) is 11.5. The molecular weight excluding hydrogens is 541 g/mol. The number of nitro benzene ring substituents is 1. The topological polar surface area (TPSA) is 118 Å². The number of benzene rings is 3. The summed E-state index contributed by atoms with van der Waals surface area (Å²) < 4.78 is 96.0. The highest BCUT2D eigenvalue weighted by atomic mass is 32.2. The zero-order valence-corrected chi connectivity index (χ0v) is 19.4. The summed E-state index contributed by atoms with van der Waals surface area (Å²) in [4.78, 5) is 35.7. The molecule has 1 spiro atoms. The lowest BCUT2D eigenvalue weighted by molar-refractivity contribution is -0.384. The van der Waals surface area contributed by atoms with Gasteiger partial charge in [0.05, 0.1) is 17.2 Å². The van der Waals surface area contributed by atoms with E-state index in [1.54, 1.807) is 0 Å². The molecule has 1 atom stereocenters. The summed E-state index contributed by atoms with van der Waals surface area (Å²) >= 11 is 0. The summed E-state index contributed by atoms with van der Waals surface area (Å²) in [6.45, 7) is -0.741. The lowest BCUT2D eigenvalue weighted by Gasteiger charge is -2.32. The van der Waals surface area contributed by atoms with E-state index in [4.69, 9.17) is 0 Å². The van der Waals surface area contributed by atoms with Crippen LogP contribution in [0.1, 0.15) is 11.1 Å². The second-order valence-electron chi connectivity index (χ2n) is 8.45. The second kappa shape index (κ2) is 8.31. The molecular formula is C23H12F5N3O6S. The van der Waals surface area contributed by atoms with Crippen molar-refractivity contribution in [3.05, 3.63) is 98.9 Å². The van der Waals surface area contributed by atoms with Crippen LogP contribution in [0.25, 0.3) is 0 Å². The van der Waals surface area contributed by atoms with Crippen molar-refractivity contribution in [1.29, 1.82) is 0 Å². The van der Waals surface area contributed by atoms with E-state index in [-0.39, 0.29) is 11.3 Å². The number of carbonyl (C=O) groups is 2. The number of sulfone groups is 1. The monoisotopic (exact) mass is 553 g/mol. The van der Waals surface area contributed by atoms with Crippen molar-refractivity contribution in [2.45, 2.75) is 11.4 Å². The van der Waals surface area contributed by atoms with Gasteiger partial charge in [-0.05, 0) is 35.9 Å². The van der Waals surface area contributed by atoms with Gasteiger partial charge in [-0.25, -0.2) is 30.4 Å². The maximum Gasteiger partial charge on any atom is 0.274 e. The largest absolute Gasteiger partial charge is 0.304 e. The zero-order valence-electron chi connectivity index (χ0n) is 18.6. The minimum absolute atomic E-state index is 0.281. The standard InChI is InChI=1S/C23H12F5N3O6S/c24-15-3-1-12(8-16(15)25)30-20(32)10-38(36,37)23(30)14-7-13(31(34)35)2-4-19(14)29(22(23)33)9-11-5-17(26)21(28)18(27)6-11/h1-8H,9-10H2. The molecule has 2 heterocycles. The predicted molar refractivity (Wildman–Crippen MR) is 120 cm³/mol. The maximum atomic E-state index is 14.1. The molecule has 0 saturated carbocycles. The Morgan fingerprint density at radius 3 is 2.16 bits per heavy atom. The van der Waals surface area contributed by atoms with E-state index in [9.17, 15) is 50.1 Å². The quantitative estimate of drug-likeness (QED) is 0.211. The van der Waals surface area contributed by atoms with E-state index in [1.165, 1.54) is 0 Å². The Labute approximate surface area is 209 Å². The normalized spacial score (nSPS) is 19.9. The van der Waals surface area contributed by atoms with E-state index < -0.39 is 89.8 Å². The van der Waals surface area contributed by atoms with Gasteiger partial charge in [0.15, 0.2) is 38.9 Å². The fourth-order valence-electron chi connectivity index (χ4n) is 4.70. The number of anilines is 2. The fraction of sp³-hybridized carbons (Fsp3) is 0.130. The first-order valence-corrected chi connectivity index (χ1v) is 12.2. The van der Waals surface area contributed by atoms with Crippen LogP contribution in [0.15, 0.2) is 48.5 Å². The molecule has 1 fully saturated rings. The first-order chi connectivity index (χ1) is 17.8. The molecule has 0 bridgehead atoms. The highest BCUT2D eigenvalue weighted by Crippen LogP contribution is 2.53. The zero-order chi connectivity index (χ0) is 27.7. The molecule has 5 rings (SSSR count). The minimum Gasteiger partial charge on any atom is -0.304 e. The Kier molecular flexibility index (Phi) is 5.52. The van der Waals surface area contributed by atoms with E-state index in [1.807, 2.05) is 0 Å². The van der Waals surface area contributed by atoms with Crippen LogP contribution >= 0.6 is 0 Å². The molecule has 0 aliphatic carbocycles. The number of hydrogen-bond donors (Lipinski definition) is 0. The summed E-state index contributed by atoms with van der Waals surface area (Å²) in [7, 11) is -4.87. The van der Waals surface area contributed by atoms with Crippen LogP contribution in [0.5, 0.6) is 0 Å². The Hall–Kier alpha value is -4.40. The highest BCUT2D eigenvalue weighted by Gasteiger charge is 2.70. The van der Waals surface area contributed by atoms with Gasteiger partial charge in [-0.1, -0.05) is 0 Å². The van der Waals surface area contributed by atoms with Crippen LogP contribution in [-0.4, -0.2) is 30.9 Å². The molecule has 15 heteroatoms. The average Bonchev–Trinajstić information content (AvgIpc) is 3.21. The molecule has 0 radical (unpaired) electrons. The van der Waals surface area contributed by atoms with Crippen molar-refractivity contribution in [3.63, 3.8) is 0 Å². The Balaban J connectivity index is 1.78. The van der Waals surface area contributed by atoms with Gasteiger partial charge in [0.25, 0.3) is 16.5 Å². The van der Waals surface area contributed by atoms with Crippen molar-refractivity contribution in [2.24, 2.45) is 0 Å². The van der Waals surface area contributed by atoms with Crippen LogP contribution < -0.4 is 9.80 Å². The molecule has 1 unspecified atom stereocenters. The average molecular weight is 553 g/mol. The van der Waals surface area contributed by atoms with Crippen molar-refractivity contribution >= 4 is 38.7 Å². The van der Waals surface area contributed by atoms with Gasteiger partial charge in [-0.2, -0.15) is 0 Å². The summed E-state index contributed by atoms with van der Waals surface area (Å²) in [6, 6.07) is 5.69. The third-order valence-electron chi connectivity index (χ3n) is 6.26. The molecule has 2 amide bonds. The summed E-state index contributed by atoms with van der Waals surface area (Å²) in [6.07, 6.45) is 0. The van der Waals surface area contributed by atoms with Crippen molar-refractivity contribution in [3.8, 4) is 0 Å². The number of non-ortho nitro benzene ring substituents is 1. The molecule has 0 aromatic heterocycles. The van der Waals surface area contributed by atoms with E-state index in [0.717, 1.165) is 24.3 Å². The molecule has 9 nitrogen and oxygen atoms in total. The van der Waals surface area contributed by atoms with Crippen LogP contribution in [0.4, 0.5) is 39.0 Å². The van der Waals surface area contributed by atoms with Crippen LogP contribution in [0, 0.1) is 39.2 Å². The molecule has 2 aliphatic rings. The molecule has 1 saturated heterocycles. The molecule has 3 aromatic rings. The maximum absolute atomic E-state index is 14.1. The van der Waals surface area contributed by atoms with Crippen molar-refractivity contribution in [2.75, 3.05) is 15.6 Å². The third kappa shape index (κ3) is 3.38. The highest BCUT2D eigenvalue weighted by molar-refractivity contribution is 7.94. The number of rotatable bonds is 4. The number of carbonyl (C=O) groups excluding carboxylic acids is 2. The van der Waals surface area contributed by atoms with Gasteiger partial charge >= 0.3 is 0 Å². The van der Waals surface area contributed by atoms with Crippen molar-refractivity contribution < 1.29 is 44.9 Å². The number of halogens is 5. The molecule has 0 N–H and O–H groups in total. The van der Waals surface area contributed by atoms with E-state index in [0.29, 0.717) is 34.1 Å². The molecule has 2 aliphatic heterocycles. The van der Waals surface area contributed by atoms with Gasteiger partial charge in [0, 0.05) is 29.4 Å². The molecule has 38 heavy (non-hydrogen) atoms. The van der Waals surface area contributed by atoms with Gasteiger partial charge in [-0.15, -0.1) is 0 Å². The summed E-state index contributed by atoms with van der Waals surface area (Å²) in [5.74, 6) is -11.7. The number of nitrogens with zero attached hydrogens (tertiary/aromatic N) is 3. The Bertz CT molecular complexity index is 1680. The smallest absolute Gasteiger partial charge is 0.274 e. The van der Waals surface area contributed by atoms with Crippen LogP contribution in [-0.2, 0) is 30.8 Å². The second-order valence-corrected chi connectivity index (χ2v) is 10.6. The lowest BCUT2D eigenvalue weighted by atomic mass is 10.0. The van der Waals surface area contributed by atoms with Crippen LogP contribution in [0.2, 0.25) is 0 Å². The number of nitro groups is 1. The lowest BCUT2D eigenvalue weighted by Crippen LogP contribution is -2.54. The summed E-state index contributed by atoms with van der Waals surface area (Å²) in [5.41, 5.74) is -2.37. The van der Waals surface area contributed by atoms with Gasteiger partial charge in [0.2, 0.25) is 5.91 Å². The van der Waals surface area contributed by atoms with Gasteiger partial charge < -0.3 is 4.90 Å². The Morgan fingerprint density at radius 2 is 1.55 bits per heavy atom. The predicted octanol–water partition coefficient (Wildman–Crippen LogP) is 3.45. The van der Waals surface area contributed by atoms with Crippen LogP contribution in [0.3, 0.4) is 0 Å². The number of fused-ring (bicyclic) bond motifs is 2. The SMILES string of the molecule is O=C1CS(=O)(=O)C2(C(=O)N(Cc3cc(F)c(F)c(F)c3)c3ccc([N+](=O)[O-])cc32)N1c1ccc(F)c(F)c1. The third-order valence-corrected chi connectivity index (χ3v) is 8.36. The number of amides is 2. The van der Waals surface area contributed by atoms with E-state index in [2.05, 4.69) is 0 Å².